The van der Waals surface area contributed by atoms with Crippen molar-refractivity contribution in [3.05, 3.63) is 142 Å². The molecule has 1 aliphatic rings. The number of Topliss-reactive ketones (excluding diaryl/α,β-unsaturated/α-hetero) is 2. The van der Waals surface area contributed by atoms with Crippen LogP contribution < -0.4 is 4.57 Å². The van der Waals surface area contributed by atoms with Crippen molar-refractivity contribution in [1.82, 2.24) is 4.57 Å². The smallest absolute Gasteiger partial charge is 0.245 e. The molecular formula is C36H32ClN2O3+. The van der Waals surface area contributed by atoms with E-state index < -0.39 is 12.0 Å². The first-order valence-corrected chi connectivity index (χ1v) is 14.7. The molecule has 0 amide bonds. The Hall–Kier alpha value is -4.48. The number of imidazole rings is 1. The van der Waals surface area contributed by atoms with E-state index in [0.29, 0.717) is 21.7 Å². The van der Waals surface area contributed by atoms with Crippen LogP contribution in [0.2, 0.25) is 5.02 Å². The molecule has 1 aromatic heterocycles. The Kier molecular flexibility index (Phi) is 7.53. The van der Waals surface area contributed by atoms with E-state index in [9.17, 15) is 14.7 Å². The van der Waals surface area contributed by atoms with Gasteiger partial charge in [-0.1, -0.05) is 91.2 Å². The van der Waals surface area contributed by atoms with Crippen LogP contribution >= 0.6 is 11.6 Å². The quantitative estimate of drug-likeness (QED) is 0.143. The van der Waals surface area contributed by atoms with Crippen LogP contribution in [0.25, 0.3) is 16.8 Å². The van der Waals surface area contributed by atoms with Gasteiger partial charge in [0.05, 0.1) is 18.0 Å². The third-order valence-electron chi connectivity index (χ3n) is 8.14. The molecular weight excluding hydrogens is 544 g/mol. The van der Waals surface area contributed by atoms with Gasteiger partial charge in [-0.2, -0.15) is 0 Å². The van der Waals surface area contributed by atoms with Crippen molar-refractivity contribution >= 4 is 40.0 Å². The Morgan fingerprint density at radius 3 is 2.36 bits per heavy atom. The lowest BCUT2D eigenvalue weighted by Crippen LogP contribution is -2.34. The fourth-order valence-corrected chi connectivity index (χ4v) is 6.22. The lowest BCUT2D eigenvalue weighted by atomic mass is 9.79. The number of aliphatic hydroxyl groups excluding tert-OH is 1. The van der Waals surface area contributed by atoms with Gasteiger partial charge < -0.3 is 5.11 Å². The molecule has 1 heterocycles. The van der Waals surface area contributed by atoms with E-state index in [1.165, 1.54) is 0 Å². The Morgan fingerprint density at radius 2 is 1.64 bits per heavy atom. The second-order valence-corrected chi connectivity index (χ2v) is 11.3. The third-order valence-corrected chi connectivity index (χ3v) is 8.39. The summed E-state index contributed by atoms with van der Waals surface area (Å²) >= 11 is 6.21. The second kappa shape index (κ2) is 11.4. The van der Waals surface area contributed by atoms with Crippen LogP contribution in [-0.4, -0.2) is 21.2 Å². The number of allylic oxidation sites excluding steroid dienone is 1. The van der Waals surface area contributed by atoms with Crippen molar-refractivity contribution in [2.45, 2.75) is 45.2 Å². The molecule has 0 fully saturated rings. The highest BCUT2D eigenvalue weighted by Crippen LogP contribution is 2.46. The summed E-state index contributed by atoms with van der Waals surface area (Å²) in [6.07, 6.45) is 4.00. The largest absolute Gasteiger partial charge is 0.507 e. The van der Waals surface area contributed by atoms with Gasteiger partial charge in [-0.3, -0.25) is 9.59 Å². The predicted octanol–water partition coefficient (Wildman–Crippen LogP) is 8.06. The molecule has 1 aliphatic carbocycles. The molecule has 2 atom stereocenters. The number of hydrogen-bond donors (Lipinski definition) is 1. The van der Waals surface area contributed by atoms with Gasteiger partial charge in [0.2, 0.25) is 12.1 Å². The lowest BCUT2D eigenvalue weighted by Gasteiger charge is -2.26. The number of aliphatic hydroxyl groups is 1. The summed E-state index contributed by atoms with van der Waals surface area (Å²) in [5.74, 6) is -1.29. The number of ketones is 2. The maximum absolute atomic E-state index is 14.8. The topological polar surface area (TPSA) is 63.2 Å². The van der Waals surface area contributed by atoms with E-state index in [0.717, 1.165) is 41.5 Å². The van der Waals surface area contributed by atoms with Gasteiger partial charge in [0, 0.05) is 21.7 Å². The van der Waals surface area contributed by atoms with Crippen LogP contribution in [0.4, 0.5) is 0 Å². The van der Waals surface area contributed by atoms with E-state index in [4.69, 9.17) is 11.6 Å². The van der Waals surface area contributed by atoms with Crippen molar-refractivity contribution in [3.63, 3.8) is 0 Å². The number of aromatic nitrogens is 2. The normalized spacial score (nSPS) is 14.3. The van der Waals surface area contributed by atoms with Crippen molar-refractivity contribution in [3.8, 4) is 0 Å². The first kappa shape index (κ1) is 27.7. The molecule has 0 aliphatic heterocycles. The Balaban J connectivity index is 1.65. The van der Waals surface area contributed by atoms with Crippen molar-refractivity contribution in [2.24, 2.45) is 0 Å². The summed E-state index contributed by atoms with van der Waals surface area (Å²) in [6.45, 7) is 4.93. The number of hydrogen-bond acceptors (Lipinski definition) is 3. The number of halogens is 1. The molecule has 0 saturated heterocycles. The van der Waals surface area contributed by atoms with Crippen molar-refractivity contribution < 1.29 is 19.3 Å². The summed E-state index contributed by atoms with van der Waals surface area (Å²) in [4.78, 5) is 28.9. The molecule has 4 aromatic carbocycles. The number of carbonyl (C=O) groups excluding carboxylic acids is 2. The molecule has 210 valence electrons. The highest BCUT2D eigenvalue weighted by Gasteiger charge is 2.45. The first-order chi connectivity index (χ1) is 20.4. The van der Waals surface area contributed by atoms with E-state index in [1.54, 1.807) is 48.5 Å². The number of carbonyl (C=O) groups is 2. The molecule has 0 bridgehead atoms. The van der Waals surface area contributed by atoms with Crippen molar-refractivity contribution in [2.75, 3.05) is 0 Å². The number of fused-ring (bicyclic) bond motifs is 2. The van der Waals surface area contributed by atoms with Gasteiger partial charge in [0.25, 0.3) is 0 Å². The molecule has 0 saturated carbocycles. The van der Waals surface area contributed by atoms with Crippen LogP contribution in [0, 0.1) is 6.92 Å². The molecule has 1 N–H and O–H groups in total. The number of aryl methyl sites for hydroxylation is 2. The fourth-order valence-electron chi connectivity index (χ4n) is 6.10. The standard InChI is InChI=1S/C36H31ClN2O3/c1-3-4-20-38-22-39(30-15-8-7-14-29(30)38)33(34(40)24-16-18-26(37)19-17-24)31(25-11-9-10-23(2)21-25)32-35(41)27-12-5-6-13-28(27)36(32)42/h5-19,21-22,31,33H,3-4,20H2,1-2H3/p+1/t31-,33-/m1/s1. The van der Waals surface area contributed by atoms with Crippen LogP contribution in [0.3, 0.4) is 0 Å². The minimum atomic E-state index is -0.879. The first-order valence-electron chi connectivity index (χ1n) is 14.3. The summed E-state index contributed by atoms with van der Waals surface area (Å²) < 4.78 is 4.17. The van der Waals surface area contributed by atoms with Crippen LogP contribution in [0.15, 0.2) is 109 Å². The molecule has 6 heteroatoms. The van der Waals surface area contributed by atoms with E-state index in [1.807, 2.05) is 60.3 Å². The minimum absolute atomic E-state index is 0.0775. The highest BCUT2D eigenvalue weighted by molar-refractivity contribution is 6.30. The number of para-hydroxylation sites is 2. The molecule has 0 radical (unpaired) electrons. The number of unbranched alkanes of at least 4 members (excludes halogenated alkanes) is 1. The van der Waals surface area contributed by atoms with Gasteiger partial charge in [0.15, 0.2) is 22.9 Å². The SMILES string of the molecule is CCCC[n+]1cn([C@@H](C(=O)c2ccc(Cl)cc2)[C@@H](C2=C(O)c3ccccc3C2=O)c2cccc(C)c2)c2ccccc21. The van der Waals surface area contributed by atoms with Gasteiger partial charge in [-0.15, -0.1) is 0 Å². The summed E-state index contributed by atoms with van der Waals surface area (Å²) in [7, 11) is 0. The van der Waals surface area contributed by atoms with Gasteiger partial charge >= 0.3 is 0 Å². The zero-order valence-electron chi connectivity index (χ0n) is 23.6. The van der Waals surface area contributed by atoms with Gasteiger partial charge in [0.1, 0.15) is 5.76 Å². The monoisotopic (exact) mass is 575 g/mol. The maximum atomic E-state index is 14.8. The Bertz CT molecular complexity index is 1850. The lowest BCUT2D eigenvalue weighted by molar-refractivity contribution is -0.672. The summed E-state index contributed by atoms with van der Waals surface area (Å²) in [5.41, 5.74) is 5.29. The summed E-state index contributed by atoms with van der Waals surface area (Å²) in [6, 6.07) is 28.9. The molecule has 0 unspecified atom stereocenters. The Labute approximate surface area is 250 Å². The molecule has 42 heavy (non-hydrogen) atoms. The minimum Gasteiger partial charge on any atom is -0.507 e. The maximum Gasteiger partial charge on any atom is 0.245 e. The molecule has 5 nitrogen and oxygen atoms in total. The third kappa shape index (κ3) is 4.84. The van der Waals surface area contributed by atoms with E-state index in [-0.39, 0.29) is 22.9 Å². The average Bonchev–Trinajstić information content (AvgIpc) is 3.49. The second-order valence-electron chi connectivity index (χ2n) is 10.9. The zero-order valence-corrected chi connectivity index (χ0v) is 24.4. The predicted molar refractivity (Wildman–Crippen MR) is 166 cm³/mol. The number of benzene rings is 4. The van der Waals surface area contributed by atoms with Crippen LogP contribution in [0.1, 0.15) is 69.1 Å². The van der Waals surface area contributed by atoms with Gasteiger partial charge in [-0.05, 0) is 55.3 Å². The highest BCUT2D eigenvalue weighted by atomic mass is 35.5. The molecule has 0 spiro atoms. The van der Waals surface area contributed by atoms with E-state index in [2.05, 4.69) is 17.6 Å². The van der Waals surface area contributed by atoms with Crippen LogP contribution in [-0.2, 0) is 6.54 Å². The zero-order chi connectivity index (χ0) is 29.4. The summed E-state index contributed by atoms with van der Waals surface area (Å²) in [5, 5.41) is 12.2. The molecule has 6 rings (SSSR count). The van der Waals surface area contributed by atoms with Crippen molar-refractivity contribution in [1.29, 1.82) is 0 Å². The Morgan fingerprint density at radius 1 is 0.929 bits per heavy atom. The van der Waals surface area contributed by atoms with Crippen LogP contribution in [0.5, 0.6) is 0 Å². The number of rotatable bonds is 9. The van der Waals surface area contributed by atoms with Gasteiger partial charge in [-0.25, -0.2) is 9.13 Å². The molecule has 5 aromatic rings. The van der Waals surface area contributed by atoms with E-state index >= 15 is 0 Å². The fraction of sp³-hybridized carbons (Fsp3) is 0.194. The number of nitrogens with zero attached hydrogens (tertiary/aromatic N) is 2. The average molecular weight is 576 g/mol.